The van der Waals surface area contributed by atoms with Gasteiger partial charge in [0.25, 0.3) is 11.1 Å². The minimum atomic E-state index is -0.728. The van der Waals surface area contributed by atoms with Gasteiger partial charge in [0.05, 0.1) is 0 Å². The molecule has 2 heterocycles. The lowest BCUT2D eigenvalue weighted by atomic mass is 10.3. The molecule has 0 spiro atoms. The number of hydrogen-bond donors (Lipinski definition) is 4. The van der Waals surface area contributed by atoms with E-state index in [1.54, 1.807) is 0 Å². The van der Waals surface area contributed by atoms with E-state index in [0.717, 1.165) is 16.8 Å². The molecule has 0 aliphatic heterocycles. The number of rotatable bonds is 4. The molecule has 21 heavy (non-hydrogen) atoms. The summed E-state index contributed by atoms with van der Waals surface area (Å²) in [4.78, 5) is 62.3. The van der Waals surface area contributed by atoms with E-state index in [2.05, 4.69) is 15.3 Å². The van der Waals surface area contributed by atoms with Gasteiger partial charge in [-0.3, -0.25) is 24.4 Å². The molecular formula is C11H11N5O5. The zero-order valence-electron chi connectivity index (χ0n) is 10.6. The Balaban J connectivity index is 2.02. The molecular weight excluding hydrogens is 282 g/mol. The monoisotopic (exact) mass is 293 g/mol. The first-order valence-electron chi connectivity index (χ1n) is 5.87. The number of amides is 1. The van der Waals surface area contributed by atoms with Crippen LogP contribution in [0.25, 0.3) is 0 Å². The van der Waals surface area contributed by atoms with Crippen molar-refractivity contribution in [3.8, 4) is 0 Å². The fourth-order valence-electron chi connectivity index (χ4n) is 1.56. The van der Waals surface area contributed by atoms with Crippen LogP contribution in [-0.2, 0) is 11.3 Å². The summed E-state index contributed by atoms with van der Waals surface area (Å²) in [6.07, 6.45) is 2.25. The van der Waals surface area contributed by atoms with Gasteiger partial charge in [0.2, 0.25) is 5.91 Å². The molecule has 1 amide bonds. The summed E-state index contributed by atoms with van der Waals surface area (Å²) in [5.41, 5.74) is -2.67. The average molecular weight is 293 g/mol. The van der Waals surface area contributed by atoms with Crippen LogP contribution in [0.5, 0.6) is 0 Å². The maximum absolute atomic E-state index is 11.7. The van der Waals surface area contributed by atoms with E-state index >= 15 is 0 Å². The molecule has 0 bridgehead atoms. The summed E-state index contributed by atoms with van der Waals surface area (Å²) < 4.78 is 1.15. The number of aromatic amines is 3. The molecule has 10 heteroatoms. The van der Waals surface area contributed by atoms with Gasteiger partial charge in [0.1, 0.15) is 5.69 Å². The summed E-state index contributed by atoms with van der Waals surface area (Å²) in [7, 11) is 0. The van der Waals surface area contributed by atoms with E-state index in [1.807, 2.05) is 4.98 Å². The molecule has 0 saturated carbocycles. The zero-order valence-corrected chi connectivity index (χ0v) is 10.6. The summed E-state index contributed by atoms with van der Waals surface area (Å²) in [6, 6.07) is 1.16. The molecule has 0 aliphatic carbocycles. The van der Waals surface area contributed by atoms with Gasteiger partial charge in [-0.2, -0.15) is 0 Å². The number of anilines is 1. The quantitative estimate of drug-likeness (QED) is 0.511. The van der Waals surface area contributed by atoms with Gasteiger partial charge >= 0.3 is 11.4 Å². The van der Waals surface area contributed by atoms with Crippen molar-refractivity contribution >= 4 is 11.6 Å². The van der Waals surface area contributed by atoms with Gasteiger partial charge in [0.15, 0.2) is 0 Å². The highest BCUT2D eigenvalue weighted by Gasteiger charge is 2.07. The molecule has 0 unspecified atom stereocenters. The van der Waals surface area contributed by atoms with Crippen LogP contribution < -0.4 is 27.8 Å². The first-order valence-corrected chi connectivity index (χ1v) is 5.87. The average Bonchev–Trinajstić information content (AvgIpc) is 2.41. The van der Waals surface area contributed by atoms with Gasteiger partial charge in [0, 0.05) is 31.4 Å². The maximum Gasteiger partial charge on any atom is 0.328 e. The highest BCUT2D eigenvalue weighted by molar-refractivity contribution is 5.90. The molecule has 10 nitrogen and oxygen atoms in total. The van der Waals surface area contributed by atoms with Crippen molar-refractivity contribution in [2.24, 2.45) is 0 Å². The van der Waals surface area contributed by atoms with Gasteiger partial charge in [-0.15, -0.1) is 0 Å². The van der Waals surface area contributed by atoms with E-state index in [4.69, 9.17) is 0 Å². The molecule has 2 rings (SSSR count). The second kappa shape index (κ2) is 5.86. The van der Waals surface area contributed by atoms with Crippen molar-refractivity contribution in [2.45, 2.75) is 13.0 Å². The third-order valence-corrected chi connectivity index (χ3v) is 2.57. The van der Waals surface area contributed by atoms with Crippen LogP contribution in [-0.4, -0.2) is 25.4 Å². The minimum Gasteiger partial charge on any atom is -0.320 e. The number of H-pyrrole nitrogens is 3. The number of nitrogens with one attached hydrogen (secondary N) is 4. The van der Waals surface area contributed by atoms with E-state index in [0.29, 0.717) is 0 Å². The first kappa shape index (κ1) is 14.2. The van der Waals surface area contributed by atoms with Crippen molar-refractivity contribution in [1.82, 2.24) is 19.5 Å². The van der Waals surface area contributed by atoms with Crippen molar-refractivity contribution in [2.75, 3.05) is 5.32 Å². The number of carbonyl (C=O) groups excluding carboxylic acids is 1. The molecule has 0 radical (unpaired) electrons. The van der Waals surface area contributed by atoms with Crippen molar-refractivity contribution in [3.63, 3.8) is 0 Å². The lowest BCUT2D eigenvalue weighted by molar-refractivity contribution is -0.116. The Labute approximate surface area is 115 Å². The lowest BCUT2D eigenvalue weighted by Crippen LogP contribution is -2.30. The molecule has 0 aromatic carbocycles. The van der Waals surface area contributed by atoms with Crippen LogP contribution >= 0.6 is 0 Å². The second-order valence-electron chi connectivity index (χ2n) is 4.09. The molecule has 2 aromatic heterocycles. The SMILES string of the molecule is O=C(CCn1ccc(=O)[nH]c1=O)Nc1c[nH]c(=O)[nH]c1=O. The first-order chi connectivity index (χ1) is 9.95. The van der Waals surface area contributed by atoms with Crippen molar-refractivity contribution < 1.29 is 4.79 Å². The Bertz CT molecular complexity index is 887. The third kappa shape index (κ3) is 3.65. The lowest BCUT2D eigenvalue weighted by Gasteiger charge is -2.05. The smallest absolute Gasteiger partial charge is 0.320 e. The molecule has 0 aliphatic rings. The zero-order chi connectivity index (χ0) is 15.4. The van der Waals surface area contributed by atoms with Crippen molar-refractivity contribution in [3.05, 3.63) is 60.1 Å². The Morgan fingerprint density at radius 1 is 1.19 bits per heavy atom. The molecule has 0 fully saturated rings. The number of hydrogen-bond acceptors (Lipinski definition) is 5. The summed E-state index contributed by atoms with van der Waals surface area (Å²) >= 11 is 0. The van der Waals surface area contributed by atoms with Crippen LogP contribution in [0.15, 0.2) is 37.6 Å². The molecule has 0 atom stereocenters. The van der Waals surface area contributed by atoms with E-state index < -0.39 is 28.4 Å². The predicted molar refractivity (Wildman–Crippen MR) is 72.3 cm³/mol. The van der Waals surface area contributed by atoms with Gasteiger partial charge in [-0.05, 0) is 0 Å². The highest BCUT2D eigenvalue weighted by Crippen LogP contribution is 1.95. The maximum atomic E-state index is 11.7. The highest BCUT2D eigenvalue weighted by atomic mass is 16.2. The normalized spacial score (nSPS) is 10.3. The Hall–Kier alpha value is -3.17. The Morgan fingerprint density at radius 3 is 2.62 bits per heavy atom. The van der Waals surface area contributed by atoms with Crippen LogP contribution in [0.2, 0.25) is 0 Å². The van der Waals surface area contributed by atoms with Gasteiger partial charge in [-0.1, -0.05) is 0 Å². The van der Waals surface area contributed by atoms with Gasteiger partial charge < -0.3 is 14.9 Å². The van der Waals surface area contributed by atoms with Crippen LogP contribution in [0.4, 0.5) is 5.69 Å². The standard InChI is InChI=1S/C11H11N5O5/c17-7(13-6-5-12-10(20)15-9(6)19)1-3-16-4-2-8(18)14-11(16)21/h2,4-5H,1,3H2,(H,13,17)(H,14,18,21)(H2,12,15,19,20). The predicted octanol–water partition coefficient (Wildman–Crippen LogP) is -2.06. The topological polar surface area (TPSA) is 150 Å². The third-order valence-electron chi connectivity index (χ3n) is 2.57. The summed E-state index contributed by atoms with van der Waals surface area (Å²) in [5, 5.41) is 2.30. The summed E-state index contributed by atoms with van der Waals surface area (Å²) in [5.74, 6) is -0.523. The molecule has 0 saturated heterocycles. The Kier molecular flexibility index (Phi) is 3.97. The second-order valence-corrected chi connectivity index (χ2v) is 4.09. The fourth-order valence-corrected chi connectivity index (χ4v) is 1.56. The van der Waals surface area contributed by atoms with E-state index in [1.165, 1.54) is 6.20 Å². The number of aryl methyl sites for hydroxylation is 1. The molecule has 4 N–H and O–H groups in total. The van der Waals surface area contributed by atoms with E-state index in [9.17, 15) is 24.0 Å². The van der Waals surface area contributed by atoms with Crippen LogP contribution in [0.3, 0.4) is 0 Å². The number of carbonyl (C=O) groups is 1. The van der Waals surface area contributed by atoms with Crippen LogP contribution in [0.1, 0.15) is 6.42 Å². The largest absolute Gasteiger partial charge is 0.328 e. The molecule has 110 valence electrons. The van der Waals surface area contributed by atoms with E-state index in [-0.39, 0.29) is 18.7 Å². The fraction of sp³-hybridized carbons (Fsp3) is 0.182. The van der Waals surface area contributed by atoms with Crippen LogP contribution in [0, 0.1) is 0 Å². The van der Waals surface area contributed by atoms with Crippen molar-refractivity contribution in [1.29, 1.82) is 0 Å². The summed E-state index contributed by atoms with van der Waals surface area (Å²) in [6.45, 7) is 0.0305. The Morgan fingerprint density at radius 2 is 1.95 bits per heavy atom. The number of aromatic nitrogens is 4. The van der Waals surface area contributed by atoms with Gasteiger partial charge in [-0.25, -0.2) is 9.59 Å². The minimum absolute atomic E-state index is 0.0305. The molecule has 2 aromatic rings. The number of nitrogens with zero attached hydrogens (tertiary/aromatic N) is 1.